The number of nitrogens with two attached hydrogens (primary N) is 1. The van der Waals surface area contributed by atoms with Gasteiger partial charge in [-0.2, -0.15) is 0 Å². The molecule has 94 valence electrons. The lowest BCUT2D eigenvalue weighted by Crippen LogP contribution is -1.85. The Hall–Kier alpha value is -2.13. The van der Waals surface area contributed by atoms with Crippen LogP contribution >= 0.6 is 10.5 Å². The highest BCUT2D eigenvalue weighted by atomic mass is 32.2. The van der Waals surface area contributed by atoms with Gasteiger partial charge in [0.15, 0.2) is 0 Å². The summed E-state index contributed by atoms with van der Waals surface area (Å²) >= 11 is 0. The van der Waals surface area contributed by atoms with Crippen molar-refractivity contribution in [2.75, 3.05) is 5.73 Å². The summed E-state index contributed by atoms with van der Waals surface area (Å²) in [5.74, 6) is 4.21. The van der Waals surface area contributed by atoms with Gasteiger partial charge in [0.25, 0.3) is 0 Å². The van der Waals surface area contributed by atoms with E-state index in [1.807, 2.05) is 48.5 Å². The largest absolute Gasteiger partial charge is 0.399 e. The number of fused-ring (bicyclic) bond motifs is 1. The van der Waals surface area contributed by atoms with E-state index in [9.17, 15) is 0 Å². The first-order valence-electron chi connectivity index (χ1n) is 5.99. The second-order valence-electron chi connectivity index (χ2n) is 4.31. The zero-order chi connectivity index (χ0) is 13.2. The maximum atomic E-state index is 5.67. The van der Waals surface area contributed by atoms with Gasteiger partial charge in [0.1, 0.15) is 0 Å². The van der Waals surface area contributed by atoms with Crippen LogP contribution in [0.3, 0.4) is 0 Å². The molecule has 2 N–H and O–H groups in total. The van der Waals surface area contributed by atoms with Crippen LogP contribution in [-0.4, -0.2) is 10.9 Å². The van der Waals surface area contributed by atoms with E-state index in [0.717, 1.165) is 22.0 Å². The van der Waals surface area contributed by atoms with Gasteiger partial charge in [0.05, 0.1) is 10.7 Å². The lowest BCUT2D eigenvalue weighted by Gasteiger charge is -1.99. The highest BCUT2D eigenvalue weighted by molar-refractivity contribution is 8.27. The minimum absolute atomic E-state index is 0.175. The van der Waals surface area contributed by atoms with Crippen LogP contribution in [0.2, 0.25) is 0 Å². The monoisotopic (exact) mass is 266 g/mol. The highest BCUT2D eigenvalue weighted by Gasteiger charge is 2.14. The topological polar surface area (TPSA) is 38.4 Å². The van der Waals surface area contributed by atoms with E-state index in [2.05, 4.69) is 23.0 Å². The van der Waals surface area contributed by atoms with Crippen LogP contribution in [0.1, 0.15) is 5.56 Å². The molecular formula is C16H14N2S. The Morgan fingerprint density at radius 2 is 1.74 bits per heavy atom. The number of aliphatic imine (C=N–C) groups is 1. The summed E-state index contributed by atoms with van der Waals surface area (Å²) in [5.41, 5.74) is 8.60. The predicted octanol–water partition coefficient (Wildman–Crippen LogP) is 4.09. The Kier molecular flexibility index (Phi) is 3.05. The third kappa shape index (κ3) is 2.37. The molecule has 0 spiro atoms. The van der Waals surface area contributed by atoms with Crippen molar-refractivity contribution in [3.8, 4) is 0 Å². The average Bonchev–Trinajstić information content (AvgIpc) is 2.76. The quantitative estimate of drug-likeness (QED) is 0.645. The second-order valence-corrected chi connectivity index (χ2v) is 5.95. The molecule has 2 aromatic rings. The van der Waals surface area contributed by atoms with E-state index >= 15 is 0 Å². The van der Waals surface area contributed by atoms with Crippen LogP contribution in [0.15, 0.2) is 64.5 Å². The molecular weight excluding hydrogens is 252 g/mol. The molecule has 1 aliphatic heterocycles. The van der Waals surface area contributed by atoms with Crippen molar-refractivity contribution in [3.63, 3.8) is 0 Å². The number of benzene rings is 2. The number of hydrogen-bond acceptors (Lipinski definition) is 2. The van der Waals surface area contributed by atoms with Gasteiger partial charge < -0.3 is 5.73 Å². The van der Waals surface area contributed by atoms with Crippen molar-refractivity contribution in [1.82, 2.24) is 0 Å². The standard InChI is InChI=1S/C16H14N2S/c1-19-15-5-3-2-4-14(15)18-16(19)11-8-12-6-9-13(17)10-7-12/h2-11H,1,17H2/b11-8+. The number of rotatable bonds is 2. The lowest BCUT2D eigenvalue weighted by molar-refractivity contribution is 1.41. The van der Waals surface area contributed by atoms with Crippen molar-refractivity contribution in [1.29, 1.82) is 0 Å². The summed E-state index contributed by atoms with van der Waals surface area (Å²) in [6.45, 7) is 0. The maximum Gasteiger partial charge on any atom is 0.0953 e. The lowest BCUT2D eigenvalue weighted by atomic mass is 10.2. The molecule has 0 aromatic heterocycles. The third-order valence-electron chi connectivity index (χ3n) is 2.97. The molecule has 0 fully saturated rings. The van der Waals surface area contributed by atoms with Gasteiger partial charge in [-0.15, -0.1) is 10.5 Å². The van der Waals surface area contributed by atoms with Crippen molar-refractivity contribution < 1.29 is 0 Å². The first-order valence-corrected chi connectivity index (χ1v) is 7.39. The first kappa shape index (κ1) is 11.9. The van der Waals surface area contributed by atoms with Crippen LogP contribution in [0, 0.1) is 0 Å². The predicted molar refractivity (Wildman–Crippen MR) is 86.4 cm³/mol. The molecule has 0 saturated heterocycles. The van der Waals surface area contributed by atoms with Crippen LogP contribution in [0.4, 0.5) is 11.4 Å². The average molecular weight is 266 g/mol. The molecule has 0 radical (unpaired) electrons. The van der Waals surface area contributed by atoms with Gasteiger partial charge in [-0.3, -0.25) is 0 Å². The Morgan fingerprint density at radius 3 is 2.47 bits per heavy atom. The molecule has 1 aliphatic rings. The van der Waals surface area contributed by atoms with Crippen LogP contribution in [0.5, 0.6) is 0 Å². The first-order chi connectivity index (χ1) is 9.24. The summed E-state index contributed by atoms with van der Waals surface area (Å²) in [4.78, 5) is 5.84. The SMILES string of the molecule is C=S1C(/C=C/c2ccc(N)cc2)=Nc2ccccc21. The summed E-state index contributed by atoms with van der Waals surface area (Å²) < 4.78 is 0. The molecule has 0 aliphatic carbocycles. The molecule has 3 rings (SSSR count). The Morgan fingerprint density at radius 1 is 1.00 bits per heavy atom. The molecule has 1 unspecified atom stereocenters. The molecule has 0 amide bonds. The van der Waals surface area contributed by atoms with Gasteiger partial charge in [0, 0.05) is 10.6 Å². The summed E-state index contributed by atoms with van der Waals surface area (Å²) in [6.07, 6.45) is 4.09. The van der Waals surface area contributed by atoms with E-state index < -0.39 is 0 Å². The molecule has 0 saturated carbocycles. The molecule has 2 nitrogen and oxygen atoms in total. The Bertz CT molecular complexity index is 697. The van der Waals surface area contributed by atoms with Gasteiger partial charge in [-0.25, -0.2) is 4.99 Å². The molecule has 0 bridgehead atoms. The van der Waals surface area contributed by atoms with Crippen LogP contribution in [0.25, 0.3) is 6.08 Å². The zero-order valence-electron chi connectivity index (χ0n) is 10.4. The van der Waals surface area contributed by atoms with Crippen molar-refractivity contribution >= 4 is 38.8 Å². The minimum atomic E-state index is -0.175. The van der Waals surface area contributed by atoms with E-state index in [1.54, 1.807) is 0 Å². The molecule has 1 atom stereocenters. The number of nitrogens with zero attached hydrogens (tertiary/aromatic N) is 1. The van der Waals surface area contributed by atoms with Crippen molar-refractivity contribution in [2.45, 2.75) is 4.90 Å². The normalized spacial score (nSPS) is 17.5. The molecule has 2 aromatic carbocycles. The summed E-state index contributed by atoms with van der Waals surface area (Å²) in [5, 5.41) is 1.03. The van der Waals surface area contributed by atoms with Gasteiger partial charge >= 0.3 is 0 Å². The Labute approximate surface area is 115 Å². The van der Waals surface area contributed by atoms with E-state index in [1.165, 1.54) is 4.90 Å². The summed E-state index contributed by atoms with van der Waals surface area (Å²) in [7, 11) is -0.175. The number of para-hydroxylation sites is 1. The van der Waals surface area contributed by atoms with Crippen LogP contribution < -0.4 is 5.73 Å². The fourth-order valence-corrected chi connectivity index (χ4v) is 3.21. The molecule has 19 heavy (non-hydrogen) atoms. The fourth-order valence-electron chi connectivity index (χ4n) is 1.94. The van der Waals surface area contributed by atoms with Crippen LogP contribution in [-0.2, 0) is 0 Å². The van der Waals surface area contributed by atoms with Crippen molar-refractivity contribution in [2.24, 2.45) is 4.99 Å². The van der Waals surface area contributed by atoms with Gasteiger partial charge in [-0.1, -0.05) is 36.2 Å². The van der Waals surface area contributed by atoms with Gasteiger partial charge in [0.2, 0.25) is 0 Å². The Balaban J connectivity index is 1.86. The fraction of sp³-hybridized carbons (Fsp3) is 0. The third-order valence-corrected chi connectivity index (χ3v) is 4.58. The number of nitrogen functional groups attached to an aromatic ring is 1. The van der Waals surface area contributed by atoms with Gasteiger partial charge in [-0.05, 0) is 35.9 Å². The molecule has 1 heterocycles. The molecule has 3 heteroatoms. The summed E-state index contributed by atoms with van der Waals surface area (Å²) in [6, 6.07) is 16.0. The number of hydrogen-bond donors (Lipinski definition) is 1. The van der Waals surface area contributed by atoms with E-state index in [0.29, 0.717) is 0 Å². The zero-order valence-corrected chi connectivity index (χ0v) is 11.2. The number of anilines is 1. The van der Waals surface area contributed by atoms with E-state index in [-0.39, 0.29) is 10.5 Å². The minimum Gasteiger partial charge on any atom is -0.399 e. The van der Waals surface area contributed by atoms with E-state index in [4.69, 9.17) is 5.73 Å². The second kappa shape index (κ2) is 4.86. The smallest absolute Gasteiger partial charge is 0.0953 e. The maximum absolute atomic E-state index is 5.67. The van der Waals surface area contributed by atoms with Crippen molar-refractivity contribution in [3.05, 3.63) is 60.2 Å². The highest BCUT2D eigenvalue weighted by Crippen LogP contribution is 2.42.